The largest absolute Gasteiger partial charge is 0.392 e. The molecule has 0 amide bonds. The number of ether oxygens (including phenoxy) is 1. The molecule has 1 aliphatic rings. The molecule has 28 heavy (non-hydrogen) atoms. The second-order valence-electron chi connectivity index (χ2n) is 8.39. The van der Waals surface area contributed by atoms with Gasteiger partial charge in [-0.1, -0.05) is 75.0 Å². The summed E-state index contributed by atoms with van der Waals surface area (Å²) >= 11 is 0. The summed E-state index contributed by atoms with van der Waals surface area (Å²) in [7, 11) is 0. The van der Waals surface area contributed by atoms with Crippen LogP contribution in [0.5, 0.6) is 0 Å². The Kier molecular flexibility index (Phi) is 10.7. The van der Waals surface area contributed by atoms with Crippen molar-refractivity contribution in [1.82, 2.24) is 0 Å². The zero-order valence-electron chi connectivity index (χ0n) is 18.3. The van der Waals surface area contributed by atoms with E-state index in [2.05, 4.69) is 50.8 Å². The summed E-state index contributed by atoms with van der Waals surface area (Å²) in [6.45, 7) is 13.5. The van der Waals surface area contributed by atoms with Crippen molar-refractivity contribution in [3.63, 3.8) is 0 Å². The number of aliphatic hydroxyl groups is 2. The summed E-state index contributed by atoms with van der Waals surface area (Å²) < 4.78 is 5.81. The van der Waals surface area contributed by atoms with Crippen LogP contribution in [0.3, 0.4) is 0 Å². The molecule has 0 saturated carbocycles. The lowest BCUT2D eigenvalue weighted by Gasteiger charge is -2.46. The molecular formula is C25H40O3. The van der Waals surface area contributed by atoms with E-state index < -0.39 is 11.9 Å². The molecule has 0 radical (unpaired) electrons. The van der Waals surface area contributed by atoms with Crippen molar-refractivity contribution in [2.45, 2.75) is 78.3 Å². The van der Waals surface area contributed by atoms with Gasteiger partial charge in [0.2, 0.25) is 0 Å². The second kappa shape index (κ2) is 12.2. The Balaban J connectivity index is 2.43. The van der Waals surface area contributed by atoms with Gasteiger partial charge in [0.05, 0.1) is 12.2 Å². The summed E-state index contributed by atoms with van der Waals surface area (Å²) in [4.78, 5) is 0. The van der Waals surface area contributed by atoms with Crippen molar-refractivity contribution in [2.24, 2.45) is 17.8 Å². The molecule has 2 N–H and O–H groups in total. The Hall–Kier alpha value is -1.42. The fraction of sp³-hybridized carbons (Fsp3) is 0.600. The van der Waals surface area contributed by atoms with Gasteiger partial charge in [-0.3, -0.25) is 0 Å². The first-order valence-corrected chi connectivity index (χ1v) is 10.5. The van der Waals surface area contributed by atoms with E-state index in [-0.39, 0.29) is 17.9 Å². The molecule has 1 rings (SSSR count). The molecule has 0 aliphatic carbocycles. The van der Waals surface area contributed by atoms with E-state index in [0.717, 1.165) is 19.3 Å². The summed E-state index contributed by atoms with van der Waals surface area (Å²) in [6.07, 6.45) is 19.8. The van der Waals surface area contributed by atoms with Crippen LogP contribution in [0.1, 0.15) is 60.3 Å². The van der Waals surface area contributed by atoms with E-state index in [4.69, 9.17) is 4.74 Å². The van der Waals surface area contributed by atoms with Gasteiger partial charge in [0, 0.05) is 11.8 Å². The molecule has 6 atom stereocenters. The van der Waals surface area contributed by atoms with Gasteiger partial charge in [0.15, 0.2) is 5.79 Å². The van der Waals surface area contributed by atoms with Crippen LogP contribution in [0, 0.1) is 17.8 Å². The van der Waals surface area contributed by atoms with Crippen LogP contribution in [0.2, 0.25) is 0 Å². The maximum atomic E-state index is 10.3. The van der Waals surface area contributed by atoms with E-state index in [1.165, 1.54) is 5.57 Å². The number of unbranched alkanes of at least 4 members (excludes halogenated alkanes) is 1. The van der Waals surface area contributed by atoms with E-state index >= 15 is 0 Å². The minimum atomic E-state index is -1.28. The highest BCUT2D eigenvalue weighted by molar-refractivity contribution is 5.13. The Morgan fingerprint density at radius 1 is 1.18 bits per heavy atom. The molecule has 158 valence electrons. The molecule has 0 aromatic heterocycles. The lowest BCUT2D eigenvalue weighted by atomic mass is 9.80. The van der Waals surface area contributed by atoms with Crippen LogP contribution >= 0.6 is 0 Å². The Bertz CT molecular complexity index is 583. The molecule has 1 aliphatic heterocycles. The third kappa shape index (κ3) is 8.30. The Morgan fingerprint density at radius 3 is 2.57 bits per heavy atom. The summed E-state index contributed by atoms with van der Waals surface area (Å²) in [5, 5.41) is 20.7. The summed E-state index contributed by atoms with van der Waals surface area (Å²) in [6, 6.07) is 0. The monoisotopic (exact) mass is 388 g/mol. The molecule has 0 spiro atoms. The van der Waals surface area contributed by atoms with Gasteiger partial charge < -0.3 is 14.9 Å². The minimum Gasteiger partial charge on any atom is -0.392 e. The van der Waals surface area contributed by atoms with Gasteiger partial charge in [-0.15, -0.1) is 6.58 Å². The first-order valence-electron chi connectivity index (χ1n) is 10.5. The average Bonchev–Trinajstić information content (AvgIpc) is 2.63. The van der Waals surface area contributed by atoms with Gasteiger partial charge in [0.1, 0.15) is 0 Å². The fourth-order valence-electron chi connectivity index (χ4n) is 3.51. The normalized spacial score (nSPS) is 33.2. The SMILES string of the molecule is C=CCCC=CC=C(C)CC(C)C=CC=CCC1OC(C)(O)C(C)C(O)C1C. The highest BCUT2D eigenvalue weighted by Crippen LogP contribution is 2.36. The molecule has 3 nitrogen and oxygen atoms in total. The smallest absolute Gasteiger partial charge is 0.168 e. The average molecular weight is 389 g/mol. The van der Waals surface area contributed by atoms with Crippen molar-refractivity contribution in [1.29, 1.82) is 0 Å². The predicted octanol–water partition coefficient (Wildman–Crippen LogP) is 5.72. The van der Waals surface area contributed by atoms with Gasteiger partial charge in [-0.25, -0.2) is 0 Å². The van der Waals surface area contributed by atoms with Crippen molar-refractivity contribution in [2.75, 3.05) is 0 Å². The van der Waals surface area contributed by atoms with Gasteiger partial charge >= 0.3 is 0 Å². The van der Waals surface area contributed by atoms with E-state index in [1.54, 1.807) is 6.92 Å². The first-order chi connectivity index (χ1) is 13.2. The van der Waals surface area contributed by atoms with Crippen molar-refractivity contribution in [3.8, 4) is 0 Å². The van der Waals surface area contributed by atoms with Crippen molar-refractivity contribution >= 4 is 0 Å². The maximum absolute atomic E-state index is 10.3. The van der Waals surface area contributed by atoms with Crippen LogP contribution in [-0.2, 0) is 4.74 Å². The molecule has 1 saturated heterocycles. The number of aliphatic hydroxyl groups excluding tert-OH is 1. The van der Waals surface area contributed by atoms with Crippen molar-refractivity contribution in [3.05, 3.63) is 60.8 Å². The predicted molar refractivity (Wildman–Crippen MR) is 119 cm³/mol. The molecule has 0 aromatic rings. The van der Waals surface area contributed by atoms with Crippen LogP contribution < -0.4 is 0 Å². The van der Waals surface area contributed by atoms with E-state index in [1.807, 2.05) is 32.1 Å². The molecule has 0 bridgehead atoms. The van der Waals surface area contributed by atoms with Gasteiger partial charge in [-0.05, 0) is 45.4 Å². The minimum absolute atomic E-state index is 0.00454. The summed E-state index contributed by atoms with van der Waals surface area (Å²) in [5.41, 5.74) is 1.37. The third-order valence-corrected chi connectivity index (χ3v) is 5.63. The van der Waals surface area contributed by atoms with Crippen LogP contribution in [-0.4, -0.2) is 28.2 Å². The standard InChI is InChI=1S/C25H40O3/c1-7-8-9-10-12-15-19(2)18-20(3)16-13-11-14-17-23-21(4)24(26)22(5)25(6,27)28-23/h7,10-16,20-24,26-27H,1,8-9,17-18H2,2-6H3. The molecule has 0 aromatic carbocycles. The second-order valence-corrected chi connectivity index (χ2v) is 8.39. The summed E-state index contributed by atoms with van der Waals surface area (Å²) in [5.74, 6) is -1.11. The van der Waals surface area contributed by atoms with Crippen molar-refractivity contribution < 1.29 is 14.9 Å². The first kappa shape index (κ1) is 24.6. The van der Waals surface area contributed by atoms with Crippen LogP contribution in [0.15, 0.2) is 60.8 Å². The quantitative estimate of drug-likeness (QED) is 0.286. The number of hydrogen-bond acceptors (Lipinski definition) is 3. The number of allylic oxidation sites excluding steroid dienone is 8. The number of hydrogen-bond donors (Lipinski definition) is 2. The highest BCUT2D eigenvalue weighted by atomic mass is 16.6. The lowest BCUT2D eigenvalue weighted by Crippen LogP contribution is -2.55. The zero-order valence-corrected chi connectivity index (χ0v) is 18.3. The maximum Gasteiger partial charge on any atom is 0.168 e. The van der Waals surface area contributed by atoms with Crippen LogP contribution in [0.25, 0.3) is 0 Å². The number of rotatable bonds is 10. The molecule has 1 fully saturated rings. The molecule has 1 heterocycles. The fourth-order valence-corrected chi connectivity index (χ4v) is 3.51. The Labute approximate surface area is 172 Å². The highest BCUT2D eigenvalue weighted by Gasteiger charge is 2.46. The van der Waals surface area contributed by atoms with E-state index in [9.17, 15) is 10.2 Å². The Morgan fingerprint density at radius 2 is 1.89 bits per heavy atom. The van der Waals surface area contributed by atoms with Gasteiger partial charge in [-0.2, -0.15) is 0 Å². The van der Waals surface area contributed by atoms with Crippen LogP contribution in [0.4, 0.5) is 0 Å². The topological polar surface area (TPSA) is 49.7 Å². The van der Waals surface area contributed by atoms with E-state index in [0.29, 0.717) is 12.3 Å². The lowest BCUT2D eigenvalue weighted by molar-refractivity contribution is -0.306. The molecule has 6 unspecified atom stereocenters. The van der Waals surface area contributed by atoms with Gasteiger partial charge in [0.25, 0.3) is 0 Å². The molecule has 3 heteroatoms. The zero-order chi connectivity index (χ0) is 21.2. The molecular weight excluding hydrogens is 348 g/mol. The third-order valence-electron chi connectivity index (χ3n) is 5.63.